The van der Waals surface area contributed by atoms with Crippen LogP contribution in [0.1, 0.15) is 63.4 Å². The summed E-state index contributed by atoms with van der Waals surface area (Å²) < 4.78 is 11.8. The molecule has 0 bridgehead atoms. The number of amides is 2. The van der Waals surface area contributed by atoms with E-state index in [9.17, 15) is 9.59 Å². The van der Waals surface area contributed by atoms with Crippen LogP contribution in [0.25, 0.3) is 0 Å². The van der Waals surface area contributed by atoms with Gasteiger partial charge in [-0.15, -0.1) is 0 Å². The van der Waals surface area contributed by atoms with Gasteiger partial charge in [-0.1, -0.05) is 45.0 Å². The van der Waals surface area contributed by atoms with Crippen LogP contribution in [-0.4, -0.2) is 48.6 Å². The topological polar surface area (TPSA) is 67.9 Å². The molecule has 0 spiro atoms. The fraction of sp³-hybridized carbons (Fsp3) is 0.481. The van der Waals surface area contributed by atoms with Gasteiger partial charge in [-0.2, -0.15) is 0 Å². The van der Waals surface area contributed by atoms with E-state index in [4.69, 9.17) is 9.47 Å². The van der Waals surface area contributed by atoms with E-state index in [-0.39, 0.29) is 23.3 Å². The second-order valence-electron chi connectivity index (χ2n) is 9.54. The first-order valence-corrected chi connectivity index (χ1v) is 11.8. The van der Waals surface area contributed by atoms with E-state index in [0.29, 0.717) is 25.3 Å². The summed E-state index contributed by atoms with van der Waals surface area (Å²) in [5, 5.41) is 2.85. The molecule has 0 aliphatic carbocycles. The maximum Gasteiger partial charge on any atom is 0.251 e. The molecule has 6 nitrogen and oxygen atoms in total. The third kappa shape index (κ3) is 6.50. The lowest BCUT2D eigenvalue weighted by Crippen LogP contribution is -2.50. The lowest BCUT2D eigenvalue weighted by molar-refractivity contribution is -0.134. The lowest BCUT2D eigenvalue weighted by atomic mass is 9.86. The SMILES string of the molecule is CCOc1ccccc1OC1CCN(C(=O)C(C)NC(=O)c2ccc(C(C)(C)C)cc2)CC1. The summed E-state index contributed by atoms with van der Waals surface area (Å²) in [7, 11) is 0. The van der Waals surface area contributed by atoms with Crippen molar-refractivity contribution in [2.75, 3.05) is 19.7 Å². The first kappa shape index (κ1) is 24.6. The number of nitrogens with one attached hydrogen (secondary N) is 1. The number of piperidine rings is 1. The molecule has 1 heterocycles. The average Bonchev–Trinajstić information content (AvgIpc) is 2.80. The van der Waals surface area contributed by atoms with Gasteiger partial charge in [0.15, 0.2) is 11.5 Å². The minimum atomic E-state index is -0.587. The second kappa shape index (κ2) is 10.7. The minimum Gasteiger partial charge on any atom is -0.490 e. The molecule has 6 heteroatoms. The Hall–Kier alpha value is -3.02. The molecule has 1 saturated heterocycles. The maximum atomic E-state index is 12.9. The van der Waals surface area contributed by atoms with Gasteiger partial charge in [0.2, 0.25) is 5.91 Å². The Labute approximate surface area is 197 Å². The molecular weight excluding hydrogens is 416 g/mol. The molecule has 1 fully saturated rings. The van der Waals surface area contributed by atoms with Gasteiger partial charge in [-0.3, -0.25) is 9.59 Å². The third-order valence-corrected chi connectivity index (χ3v) is 5.93. The lowest BCUT2D eigenvalue weighted by Gasteiger charge is -2.34. The van der Waals surface area contributed by atoms with Gasteiger partial charge in [0.1, 0.15) is 12.1 Å². The van der Waals surface area contributed by atoms with Crippen molar-refractivity contribution in [1.82, 2.24) is 10.2 Å². The van der Waals surface area contributed by atoms with Gasteiger partial charge in [-0.05, 0) is 49.1 Å². The number of rotatable bonds is 7. The molecule has 2 aromatic rings. The molecule has 3 rings (SSSR count). The van der Waals surface area contributed by atoms with Crippen LogP contribution in [0.5, 0.6) is 11.5 Å². The zero-order valence-electron chi connectivity index (χ0n) is 20.4. The summed E-state index contributed by atoms with van der Waals surface area (Å²) in [6.45, 7) is 11.9. The third-order valence-electron chi connectivity index (χ3n) is 5.93. The molecule has 1 atom stereocenters. The van der Waals surface area contributed by atoms with Gasteiger partial charge >= 0.3 is 0 Å². The largest absolute Gasteiger partial charge is 0.490 e. The van der Waals surface area contributed by atoms with E-state index in [0.717, 1.165) is 29.9 Å². The predicted octanol–water partition coefficient (Wildman–Crippen LogP) is 4.57. The first-order chi connectivity index (χ1) is 15.7. The van der Waals surface area contributed by atoms with E-state index in [1.165, 1.54) is 0 Å². The summed E-state index contributed by atoms with van der Waals surface area (Å²) in [4.78, 5) is 27.3. The Morgan fingerprint density at radius 1 is 1.03 bits per heavy atom. The number of nitrogens with zero attached hydrogens (tertiary/aromatic N) is 1. The van der Waals surface area contributed by atoms with Crippen molar-refractivity contribution in [3.05, 3.63) is 59.7 Å². The summed E-state index contributed by atoms with van der Waals surface area (Å²) >= 11 is 0. The Kier molecular flexibility index (Phi) is 8.01. The highest BCUT2D eigenvalue weighted by molar-refractivity contribution is 5.97. The molecule has 1 aliphatic rings. The summed E-state index contributed by atoms with van der Waals surface area (Å²) in [6.07, 6.45) is 1.50. The van der Waals surface area contributed by atoms with Crippen molar-refractivity contribution in [3.8, 4) is 11.5 Å². The molecule has 1 unspecified atom stereocenters. The van der Waals surface area contributed by atoms with E-state index in [2.05, 4.69) is 26.1 Å². The Bertz CT molecular complexity index is 941. The first-order valence-electron chi connectivity index (χ1n) is 11.8. The number of carbonyl (C=O) groups excluding carboxylic acids is 2. The number of hydrogen-bond acceptors (Lipinski definition) is 4. The quantitative estimate of drug-likeness (QED) is 0.668. The number of ether oxygens (including phenoxy) is 2. The number of carbonyl (C=O) groups is 2. The fourth-order valence-electron chi connectivity index (χ4n) is 3.93. The standard InChI is InChI=1S/C27H36N2O4/c1-6-32-23-9-7-8-10-24(23)33-22-15-17-29(18-16-22)26(31)19(2)28-25(30)20-11-13-21(14-12-20)27(3,4)5/h7-14,19,22H,6,15-18H2,1-5H3,(H,28,30). The number of benzene rings is 2. The number of hydrogen-bond donors (Lipinski definition) is 1. The van der Waals surface area contributed by atoms with Crippen molar-refractivity contribution in [2.45, 2.75) is 65.0 Å². The van der Waals surface area contributed by atoms with E-state index < -0.39 is 6.04 Å². The van der Waals surface area contributed by atoms with Crippen LogP contribution in [0.15, 0.2) is 48.5 Å². The van der Waals surface area contributed by atoms with Gasteiger partial charge < -0.3 is 19.7 Å². The van der Waals surface area contributed by atoms with Crippen molar-refractivity contribution < 1.29 is 19.1 Å². The molecule has 33 heavy (non-hydrogen) atoms. The molecule has 0 radical (unpaired) electrons. The molecule has 0 aromatic heterocycles. The van der Waals surface area contributed by atoms with E-state index >= 15 is 0 Å². The summed E-state index contributed by atoms with van der Waals surface area (Å²) in [5.41, 5.74) is 1.75. The summed E-state index contributed by atoms with van der Waals surface area (Å²) in [6, 6.07) is 14.6. The van der Waals surface area contributed by atoms with E-state index in [1.54, 1.807) is 6.92 Å². The average molecular weight is 453 g/mol. The minimum absolute atomic E-state index is 0.0270. The molecule has 2 amide bonds. The van der Waals surface area contributed by atoms with Crippen LogP contribution in [0.3, 0.4) is 0 Å². The fourth-order valence-corrected chi connectivity index (χ4v) is 3.93. The van der Waals surface area contributed by atoms with Crippen molar-refractivity contribution in [1.29, 1.82) is 0 Å². The van der Waals surface area contributed by atoms with Gasteiger partial charge in [0.25, 0.3) is 5.91 Å². The zero-order chi connectivity index (χ0) is 24.0. The van der Waals surface area contributed by atoms with Crippen LogP contribution >= 0.6 is 0 Å². The number of likely N-dealkylation sites (tertiary alicyclic amines) is 1. The smallest absolute Gasteiger partial charge is 0.251 e. The van der Waals surface area contributed by atoms with Crippen LogP contribution in [-0.2, 0) is 10.2 Å². The molecule has 1 N–H and O–H groups in total. The van der Waals surface area contributed by atoms with Crippen LogP contribution < -0.4 is 14.8 Å². The molecule has 2 aromatic carbocycles. The molecule has 1 aliphatic heterocycles. The van der Waals surface area contributed by atoms with Crippen LogP contribution in [0.2, 0.25) is 0 Å². The van der Waals surface area contributed by atoms with Crippen molar-refractivity contribution in [2.24, 2.45) is 0 Å². The van der Waals surface area contributed by atoms with Crippen LogP contribution in [0.4, 0.5) is 0 Å². The highest BCUT2D eigenvalue weighted by atomic mass is 16.5. The Morgan fingerprint density at radius 3 is 2.21 bits per heavy atom. The Balaban J connectivity index is 1.50. The van der Waals surface area contributed by atoms with Gasteiger partial charge in [0.05, 0.1) is 6.61 Å². The Morgan fingerprint density at radius 2 is 1.64 bits per heavy atom. The highest BCUT2D eigenvalue weighted by Gasteiger charge is 2.28. The van der Waals surface area contributed by atoms with Crippen LogP contribution in [0, 0.1) is 0 Å². The zero-order valence-corrected chi connectivity index (χ0v) is 20.4. The number of para-hydroxylation sites is 2. The molecular formula is C27H36N2O4. The van der Waals surface area contributed by atoms with Crippen molar-refractivity contribution in [3.63, 3.8) is 0 Å². The monoisotopic (exact) mass is 452 g/mol. The van der Waals surface area contributed by atoms with Gasteiger partial charge in [0, 0.05) is 31.5 Å². The molecule has 0 saturated carbocycles. The highest BCUT2D eigenvalue weighted by Crippen LogP contribution is 2.29. The summed E-state index contributed by atoms with van der Waals surface area (Å²) in [5.74, 6) is 1.18. The molecule has 178 valence electrons. The van der Waals surface area contributed by atoms with Gasteiger partial charge in [-0.25, -0.2) is 0 Å². The van der Waals surface area contributed by atoms with E-state index in [1.807, 2.05) is 60.4 Å². The predicted molar refractivity (Wildman–Crippen MR) is 130 cm³/mol. The van der Waals surface area contributed by atoms with Crippen molar-refractivity contribution >= 4 is 11.8 Å². The normalized spacial score (nSPS) is 15.6. The second-order valence-corrected chi connectivity index (χ2v) is 9.54. The maximum absolute atomic E-state index is 12.9.